The van der Waals surface area contributed by atoms with Crippen LogP contribution in [0.2, 0.25) is 0 Å². The van der Waals surface area contributed by atoms with E-state index in [-0.39, 0.29) is 5.69 Å². The van der Waals surface area contributed by atoms with Gasteiger partial charge in [-0.15, -0.1) is 5.92 Å². The summed E-state index contributed by atoms with van der Waals surface area (Å²) in [5.41, 5.74) is 0.0546. The Hall–Kier alpha value is -2.02. The van der Waals surface area contributed by atoms with Crippen LogP contribution in [0, 0.1) is 22.0 Å². The molecule has 4 heteroatoms. The SMILES string of the molecule is CC#CCOc1ccc([N+](=O)[O-])cc1. The van der Waals surface area contributed by atoms with Crippen molar-refractivity contribution in [3.05, 3.63) is 34.4 Å². The Balaban J connectivity index is 2.62. The van der Waals surface area contributed by atoms with Gasteiger partial charge >= 0.3 is 0 Å². The molecule has 0 amide bonds. The molecule has 0 aromatic heterocycles. The summed E-state index contributed by atoms with van der Waals surface area (Å²) < 4.78 is 5.18. The van der Waals surface area contributed by atoms with Crippen LogP contribution in [0.15, 0.2) is 24.3 Å². The maximum atomic E-state index is 10.3. The van der Waals surface area contributed by atoms with Crippen LogP contribution >= 0.6 is 0 Å². The van der Waals surface area contributed by atoms with Crippen molar-refractivity contribution in [1.82, 2.24) is 0 Å². The van der Waals surface area contributed by atoms with Crippen LogP contribution < -0.4 is 4.74 Å². The highest BCUT2D eigenvalue weighted by molar-refractivity contribution is 5.36. The Morgan fingerprint density at radius 1 is 1.43 bits per heavy atom. The lowest BCUT2D eigenvalue weighted by atomic mass is 10.3. The van der Waals surface area contributed by atoms with E-state index in [1.54, 1.807) is 19.1 Å². The van der Waals surface area contributed by atoms with Crippen LogP contribution in [0.25, 0.3) is 0 Å². The summed E-state index contributed by atoms with van der Waals surface area (Å²) >= 11 is 0. The van der Waals surface area contributed by atoms with E-state index in [1.807, 2.05) is 0 Å². The van der Waals surface area contributed by atoms with E-state index in [0.717, 1.165) is 0 Å². The number of benzene rings is 1. The second-order valence-corrected chi connectivity index (χ2v) is 2.47. The van der Waals surface area contributed by atoms with Gasteiger partial charge in [0.1, 0.15) is 12.4 Å². The quantitative estimate of drug-likeness (QED) is 0.417. The zero-order valence-corrected chi connectivity index (χ0v) is 7.69. The van der Waals surface area contributed by atoms with Gasteiger partial charge in [0.15, 0.2) is 0 Å². The van der Waals surface area contributed by atoms with Gasteiger partial charge in [-0.1, -0.05) is 5.92 Å². The Morgan fingerprint density at radius 2 is 2.07 bits per heavy atom. The number of nitro benzene ring substituents is 1. The molecule has 0 atom stereocenters. The Labute approximate surface area is 81.7 Å². The number of non-ortho nitro benzene ring substituents is 1. The number of hydrogen-bond acceptors (Lipinski definition) is 3. The van der Waals surface area contributed by atoms with E-state index in [1.165, 1.54) is 12.1 Å². The molecule has 0 heterocycles. The van der Waals surface area contributed by atoms with Crippen molar-refractivity contribution in [2.45, 2.75) is 6.92 Å². The van der Waals surface area contributed by atoms with Crippen molar-refractivity contribution in [1.29, 1.82) is 0 Å². The standard InChI is InChI=1S/C10H9NO3/c1-2-3-8-14-10-6-4-9(5-7-10)11(12)13/h4-7H,8H2,1H3. The topological polar surface area (TPSA) is 52.4 Å². The van der Waals surface area contributed by atoms with Gasteiger partial charge in [0.2, 0.25) is 0 Å². The molecule has 0 N–H and O–H groups in total. The third kappa shape index (κ3) is 2.79. The molecule has 0 radical (unpaired) electrons. The van der Waals surface area contributed by atoms with Crippen LogP contribution in [-0.4, -0.2) is 11.5 Å². The summed E-state index contributed by atoms with van der Waals surface area (Å²) in [6.07, 6.45) is 0. The lowest BCUT2D eigenvalue weighted by Gasteiger charge is -2.00. The van der Waals surface area contributed by atoms with Gasteiger partial charge in [0.05, 0.1) is 4.92 Å². The number of hydrogen-bond donors (Lipinski definition) is 0. The summed E-state index contributed by atoms with van der Waals surface area (Å²) in [4.78, 5) is 9.87. The molecule has 0 aliphatic heterocycles. The first-order valence-corrected chi connectivity index (χ1v) is 4.01. The normalized spacial score (nSPS) is 8.64. The molecule has 0 fully saturated rings. The summed E-state index contributed by atoms with van der Waals surface area (Å²) in [5, 5.41) is 10.3. The van der Waals surface area contributed by atoms with Crippen LogP contribution in [0.4, 0.5) is 5.69 Å². The summed E-state index contributed by atoms with van der Waals surface area (Å²) in [5.74, 6) is 5.99. The molecule has 72 valence electrons. The molecule has 0 bridgehead atoms. The van der Waals surface area contributed by atoms with E-state index in [4.69, 9.17) is 4.74 Å². The molecule has 0 aliphatic rings. The second-order valence-electron chi connectivity index (χ2n) is 2.47. The fraction of sp³-hybridized carbons (Fsp3) is 0.200. The number of rotatable bonds is 3. The lowest BCUT2D eigenvalue weighted by Crippen LogP contribution is -1.94. The van der Waals surface area contributed by atoms with Crippen molar-refractivity contribution >= 4 is 5.69 Å². The van der Waals surface area contributed by atoms with Crippen LogP contribution in [0.3, 0.4) is 0 Å². The first-order chi connectivity index (χ1) is 6.74. The molecule has 1 aromatic rings. The van der Waals surface area contributed by atoms with E-state index in [0.29, 0.717) is 12.4 Å². The second kappa shape index (κ2) is 4.87. The minimum absolute atomic E-state index is 0.0546. The van der Waals surface area contributed by atoms with Crippen LogP contribution in [0.1, 0.15) is 6.92 Å². The molecule has 0 saturated heterocycles. The number of nitro groups is 1. The highest BCUT2D eigenvalue weighted by Gasteiger charge is 2.03. The van der Waals surface area contributed by atoms with Gasteiger partial charge in [-0.2, -0.15) is 0 Å². The molecule has 1 rings (SSSR count). The fourth-order valence-corrected chi connectivity index (χ4v) is 0.856. The molecule has 0 spiro atoms. The molecule has 1 aromatic carbocycles. The summed E-state index contributed by atoms with van der Waals surface area (Å²) in [6.45, 7) is 2.02. The summed E-state index contributed by atoms with van der Waals surface area (Å²) in [6, 6.07) is 5.90. The van der Waals surface area contributed by atoms with Crippen molar-refractivity contribution in [3.8, 4) is 17.6 Å². The molecule has 14 heavy (non-hydrogen) atoms. The molecular weight excluding hydrogens is 182 g/mol. The minimum atomic E-state index is -0.449. The molecule has 0 aliphatic carbocycles. The van der Waals surface area contributed by atoms with Crippen LogP contribution in [0.5, 0.6) is 5.75 Å². The van der Waals surface area contributed by atoms with E-state index >= 15 is 0 Å². The van der Waals surface area contributed by atoms with Gasteiger partial charge in [-0.3, -0.25) is 10.1 Å². The number of ether oxygens (including phenoxy) is 1. The zero-order valence-electron chi connectivity index (χ0n) is 7.69. The first-order valence-electron chi connectivity index (χ1n) is 4.01. The Kier molecular flexibility index (Phi) is 3.50. The average molecular weight is 191 g/mol. The largest absolute Gasteiger partial charge is 0.481 e. The minimum Gasteiger partial charge on any atom is -0.481 e. The Bertz CT molecular complexity index is 373. The number of nitrogens with zero attached hydrogens (tertiary/aromatic N) is 1. The molecule has 4 nitrogen and oxygen atoms in total. The Morgan fingerprint density at radius 3 is 2.57 bits per heavy atom. The van der Waals surface area contributed by atoms with Crippen molar-refractivity contribution in [2.24, 2.45) is 0 Å². The highest BCUT2D eigenvalue weighted by atomic mass is 16.6. The van der Waals surface area contributed by atoms with Crippen molar-refractivity contribution in [3.63, 3.8) is 0 Å². The fourth-order valence-electron chi connectivity index (χ4n) is 0.856. The lowest BCUT2D eigenvalue weighted by molar-refractivity contribution is -0.384. The maximum absolute atomic E-state index is 10.3. The van der Waals surface area contributed by atoms with E-state index < -0.39 is 4.92 Å². The zero-order chi connectivity index (χ0) is 10.4. The highest BCUT2D eigenvalue weighted by Crippen LogP contribution is 2.16. The monoisotopic (exact) mass is 191 g/mol. The van der Waals surface area contributed by atoms with Gasteiger partial charge in [-0.05, 0) is 19.1 Å². The van der Waals surface area contributed by atoms with Crippen molar-refractivity contribution < 1.29 is 9.66 Å². The molecular formula is C10H9NO3. The summed E-state index contributed by atoms with van der Waals surface area (Å²) in [7, 11) is 0. The predicted octanol–water partition coefficient (Wildman–Crippen LogP) is 2.00. The van der Waals surface area contributed by atoms with Gasteiger partial charge in [0.25, 0.3) is 5.69 Å². The predicted molar refractivity (Wildman–Crippen MR) is 52.0 cm³/mol. The van der Waals surface area contributed by atoms with E-state index in [9.17, 15) is 10.1 Å². The van der Waals surface area contributed by atoms with Gasteiger partial charge in [-0.25, -0.2) is 0 Å². The van der Waals surface area contributed by atoms with Crippen LogP contribution in [-0.2, 0) is 0 Å². The maximum Gasteiger partial charge on any atom is 0.269 e. The third-order valence-corrected chi connectivity index (χ3v) is 1.54. The van der Waals surface area contributed by atoms with Gasteiger partial charge < -0.3 is 4.74 Å². The first kappa shape index (κ1) is 10.1. The molecule has 0 unspecified atom stereocenters. The van der Waals surface area contributed by atoms with Crippen molar-refractivity contribution in [2.75, 3.05) is 6.61 Å². The average Bonchev–Trinajstić information content (AvgIpc) is 2.19. The van der Waals surface area contributed by atoms with Gasteiger partial charge in [0, 0.05) is 12.1 Å². The smallest absolute Gasteiger partial charge is 0.269 e. The van der Waals surface area contributed by atoms with E-state index in [2.05, 4.69) is 11.8 Å². The molecule has 0 saturated carbocycles. The third-order valence-electron chi connectivity index (χ3n) is 1.54.